The molecule has 0 spiro atoms. The molecule has 0 N–H and O–H groups in total. The third-order valence-corrected chi connectivity index (χ3v) is 6.57. The molecule has 0 bridgehead atoms. The van der Waals surface area contributed by atoms with Crippen molar-refractivity contribution in [3.63, 3.8) is 0 Å². The number of rotatable bonds is 4. The zero-order valence-corrected chi connectivity index (χ0v) is 15.7. The normalized spacial score (nSPS) is 26.0. The number of amides is 1. The van der Waals surface area contributed by atoms with Crippen LogP contribution in [0, 0.1) is 5.92 Å². The summed E-state index contributed by atoms with van der Waals surface area (Å²) in [6.45, 7) is 2.06. The van der Waals surface area contributed by atoms with E-state index in [0.717, 1.165) is 17.9 Å². The molecule has 3 nitrogen and oxygen atoms in total. The van der Waals surface area contributed by atoms with Crippen LogP contribution in [-0.2, 0) is 16.0 Å². The predicted octanol–water partition coefficient (Wildman–Crippen LogP) is 3.60. The van der Waals surface area contributed by atoms with E-state index in [1.54, 1.807) is 0 Å². The van der Waals surface area contributed by atoms with Crippen molar-refractivity contribution >= 4 is 17.7 Å². The number of hydrogen-bond acceptors (Lipinski definition) is 3. The third-order valence-electron chi connectivity index (χ3n) is 5.38. The van der Waals surface area contributed by atoms with Gasteiger partial charge in [0.25, 0.3) is 0 Å². The van der Waals surface area contributed by atoms with Crippen molar-refractivity contribution in [1.82, 2.24) is 4.90 Å². The van der Waals surface area contributed by atoms with Crippen LogP contribution in [0.25, 0.3) is 0 Å². The van der Waals surface area contributed by atoms with Gasteiger partial charge >= 0.3 is 0 Å². The van der Waals surface area contributed by atoms with Crippen molar-refractivity contribution < 1.29 is 9.53 Å². The molecule has 2 aromatic carbocycles. The highest BCUT2D eigenvalue weighted by molar-refractivity contribution is 7.99. The second kappa shape index (κ2) is 8.28. The number of ether oxygens (including phenoxy) is 1. The molecular weight excluding hydrogens is 342 g/mol. The summed E-state index contributed by atoms with van der Waals surface area (Å²) < 4.78 is 5.94. The zero-order valence-electron chi connectivity index (χ0n) is 14.9. The smallest absolute Gasteiger partial charge is 0.227 e. The van der Waals surface area contributed by atoms with Gasteiger partial charge in [0.15, 0.2) is 0 Å². The molecule has 136 valence electrons. The predicted molar refractivity (Wildman–Crippen MR) is 106 cm³/mol. The van der Waals surface area contributed by atoms with E-state index < -0.39 is 0 Å². The fourth-order valence-corrected chi connectivity index (χ4v) is 5.42. The molecule has 0 saturated carbocycles. The summed E-state index contributed by atoms with van der Waals surface area (Å²) in [6.07, 6.45) is 0.964. The Labute approximate surface area is 159 Å². The molecule has 4 rings (SSSR count). The summed E-state index contributed by atoms with van der Waals surface area (Å²) in [5.74, 6) is 2.71. The van der Waals surface area contributed by atoms with Gasteiger partial charge in [-0.2, -0.15) is 11.8 Å². The fourth-order valence-electron chi connectivity index (χ4n) is 3.98. The van der Waals surface area contributed by atoms with Gasteiger partial charge in [0.2, 0.25) is 5.91 Å². The van der Waals surface area contributed by atoms with Crippen LogP contribution in [0.3, 0.4) is 0 Å². The Morgan fingerprint density at radius 3 is 2.54 bits per heavy atom. The van der Waals surface area contributed by atoms with E-state index in [2.05, 4.69) is 48.5 Å². The van der Waals surface area contributed by atoms with E-state index >= 15 is 0 Å². The largest absolute Gasteiger partial charge is 0.374 e. The van der Waals surface area contributed by atoms with E-state index in [1.165, 1.54) is 11.1 Å². The van der Waals surface area contributed by atoms with Gasteiger partial charge in [0, 0.05) is 36.9 Å². The number of morpholine rings is 1. The Hall–Kier alpha value is -1.78. The minimum Gasteiger partial charge on any atom is -0.374 e. The maximum absolute atomic E-state index is 13.2. The molecule has 1 amide bonds. The van der Waals surface area contributed by atoms with Crippen LogP contribution in [0.1, 0.15) is 17.0 Å². The third kappa shape index (κ3) is 3.97. The summed E-state index contributed by atoms with van der Waals surface area (Å²) in [5, 5.41) is 0. The molecule has 0 aliphatic carbocycles. The quantitative estimate of drug-likeness (QED) is 0.827. The van der Waals surface area contributed by atoms with Crippen molar-refractivity contribution in [2.24, 2.45) is 5.92 Å². The lowest BCUT2D eigenvalue weighted by Crippen LogP contribution is -2.49. The molecule has 2 aliphatic rings. The molecule has 1 unspecified atom stereocenters. The molecule has 2 heterocycles. The molecule has 0 radical (unpaired) electrons. The highest BCUT2D eigenvalue weighted by atomic mass is 32.2. The Kier molecular flexibility index (Phi) is 5.61. The summed E-state index contributed by atoms with van der Waals surface area (Å²) in [5.41, 5.74) is 2.57. The van der Waals surface area contributed by atoms with Gasteiger partial charge in [-0.25, -0.2) is 0 Å². The molecule has 26 heavy (non-hydrogen) atoms. The highest BCUT2D eigenvalue weighted by Crippen LogP contribution is 2.38. The van der Waals surface area contributed by atoms with Crippen LogP contribution in [0.2, 0.25) is 0 Å². The van der Waals surface area contributed by atoms with Crippen molar-refractivity contribution in [2.75, 3.05) is 31.2 Å². The number of carbonyl (C=O) groups is 1. The average molecular weight is 368 g/mol. The average Bonchev–Trinajstić information content (AvgIpc) is 3.19. The SMILES string of the molecule is O=C([C@@H]1CSC[C@H]1c1ccccc1)N1CCOC(Cc2ccccc2)C1. The van der Waals surface area contributed by atoms with Gasteiger partial charge in [-0.1, -0.05) is 60.7 Å². The van der Waals surface area contributed by atoms with Crippen LogP contribution < -0.4 is 0 Å². The van der Waals surface area contributed by atoms with Gasteiger partial charge in [-0.05, 0) is 11.1 Å². The second-order valence-electron chi connectivity index (χ2n) is 7.13. The number of benzene rings is 2. The van der Waals surface area contributed by atoms with E-state index in [9.17, 15) is 4.79 Å². The molecule has 2 aliphatic heterocycles. The van der Waals surface area contributed by atoms with Crippen LogP contribution in [-0.4, -0.2) is 48.1 Å². The Morgan fingerprint density at radius 2 is 1.77 bits per heavy atom. The monoisotopic (exact) mass is 367 g/mol. The van der Waals surface area contributed by atoms with Gasteiger partial charge in [-0.15, -0.1) is 0 Å². The minimum atomic E-state index is 0.0953. The second-order valence-corrected chi connectivity index (χ2v) is 8.20. The standard InChI is InChI=1S/C22H25NO2S/c24-22(21-16-26-15-20(21)18-9-5-2-6-10-18)23-11-12-25-19(14-23)13-17-7-3-1-4-8-17/h1-10,19-21H,11-16H2/t19?,20-,21+/m0/s1. The number of nitrogens with zero attached hydrogens (tertiary/aromatic N) is 1. The molecule has 4 heteroatoms. The summed E-state index contributed by atoms with van der Waals surface area (Å²) in [4.78, 5) is 15.3. The van der Waals surface area contributed by atoms with Crippen molar-refractivity contribution in [3.05, 3.63) is 71.8 Å². The lowest BCUT2D eigenvalue weighted by molar-refractivity contribution is -0.142. The first-order valence-corrected chi connectivity index (χ1v) is 10.5. The molecule has 3 atom stereocenters. The molecule has 2 fully saturated rings. The maximum Gasteiger partial charge on any atom is 0.227 e. The summed E-state index contributed by atoms with van der Waals surface area (Å²) in [7, 11) is 0. The van der Waals surface area contributed by atoms with Crippen molar-refractivity contribution in [3.8, 4) is 0 Å². The number of carbonyl (C=O) groups excluding carboxylic acids is 1. The first kappa shape index (κ1) is 17.6. The van der Waals surface area contributed by atoms with Crippen LogP contribution in [0.4, 0.5) is 0 Å². The van der Waals surface area contributed by atoms with Crippen molar-refractivity contribution in [2.45, 2.75) is 18.4 Å². The van der Waals surface area contributed by atoms with E-state index in [-0.39, 0.29) is 12.0 Å². The van der Waals surface area contributed by atoms with E-state index in [1.807, 2.05) is 28.8 Å². The van der Waals surface area contributed by atoms with Gasteiger partial charge < -0.3 is 9.64 Å². The Bertz CT molecular complexity index is 721. The first-order valence-electron chi connectivity index (χ1n) is 9.38. The minimum absolute atomic E-state index is 0.0953. The molecule has 2 saturated heterocycles. The number of thioether (sulfide) groups is 1. The van der Waals surface area contributed by atoms with Crippen molar-refractivity contribution in [1.29, 1.82) is 0 Å². The van der Waals surface area contributed by atoms with E-state index in [0.29, 0.717) is 31.5 Å². The highest BCUT2D eigenvalue weighted by Gasteiger charge is 2.38. The zero-order chi connectivity index (χ0) is 17.8. The Balaban J connectivity index is 1.42. The number of hydrogen-bond donors (Lipinski definition) is 0. The summed E-state index contributed by atoms with van der Waals surface area (Å²) >= 11 is 1.90. The fraction of sp³-hybridized carbons (Fsp3) is 0.409. The lowest BCUT2D eigenvalue weighted by Gasteiger charge is -2.35. The van der Waals surface area contributed by atoms with E-state index in [4.69, 9.17) is 4.74 Å². The van der Waals surface area contributed by atoms with Crippen LogP contribution >= 0.6 is 11.8 Å². The van der Waals surface area contributed by atoms with Gasteiger partial charge in [-0.3, -0.25) is 4.79 Å². The molecular formula is C22H25NO2S. The Morgan fingerprint density at radius 1 is 1.04 bits per heavy atom. The van der Waals surface area contributed by atoms with Gasteiger partial charge in [0.1, 0.15) is 0 Å². The molecule has 0 aromatic heterocycles. The maximum atomic E-state index is 13.2. The first-order chi connectivity index (χ1) is 12.8. The van der Waals surface area contributed by atoms with Gasteiger partial charge in [0.05, 0.1) is 18.6 Å². The summed E-state index contributed by atoms with van der Waals surface area (Å²) in [6, 6.07) is 20.9. The van der Waals surface area contributed by atoms with Crippen LogP contribution in [0.15, 0.2) is 60.7 Å². The molecule has 2 aromatic rings. The lowest BCUT2D eigenvalue weighted by atomic mass is 9.88. The topological polar surface area (TPSA) is 29.5 Å². The van der Waals surface area contributed by atoms with Crippen LogP contribution in [0.5, 0.6) is 0 Å².